The molecule has 25 heavy (non-hydrogen) atoms. The lowest BCUT2D eigenvalue weighted by Crippen LogP contribution is -2.39. The highest BCUT2D eigenvalue weighted by Crippen LogP contribution is 2.30. The first-order valence-electron chi connectivity index (χ1n) is 8.63. The minimum Gasteiger partial charge on any atom is -0.494 e. The number of halogens is 1. The maximum absolute atomic E-state index is 14.0. The van der Waals surface area contributed by atoms with E-state index in [9.17, 15) is 9.18 Å². The molecule has 0 unspecified atom stereocenters. The molecule has 2 aliphatic heterocycles. The molecule has 2 saturated heterocycles. The summed E-state index contributed by atoms with van der Waals surface area (Å²) in [5, 5.41) is 3.37. The summed E-state index contributed by atoms with van der Waals surface area (Å²) < 4.78 is 18.9. The van der Waals surface area contributed by atoms with Gasteiger partial charge in [0.05, 0.1) is 7.11 Å². The molecule has 4 nitrogen and oxygen atoms in total. The van der Waals surface area contributed by atoms with E-state index in [2.05, 4.69) is 5.32 Å². The van der Waals surface area contributed by atoms with Crippen molar-refractivity contribution in [3.63, 3.8) is 0 Å². The molecule has 130 valence electrons. The summed E-state index contributed by atoms with van der Waals surface area (Å²) in [5.74, 6) is 0.443. The van der Waals surface area contributed by atoms with Crippen molar-refractivity contribution in [3.05, 3.63) is 53.8 Å². The Morgan fingerprint density at radius 3 is 2.84 bits per heavy atom. The summed E-state index contributed by atoms with van der Waals surface area (Å²) in [6.07, 6.45) is 1.06. The second-order valence-corrected chi connectivity index (χ2v) is 6.70. The van der Waals surface area contributed by atoms with Gasteiger partial charge in [0.25, 0.3) is 5.91 Å². The number of carbonyl (C=O) groups excluding carboxylic acids is 1. The predicted molar refractivity (Wildman–Crippen MR) is 94.2 cm³/mol. The van der Waals surface area contributed by atoms with Gasteiger partial charge >= 0.3 is 0 Å². The standard InChI is InChI=1S/C20H21FN2O2/c1-25-19-6-5-14(10-17(19)21)13-3-2-4-15(9-13)20(24)23-8-7-16-11-22-12-18(16)23/h2-6,9-10,16,18,22H,7-8,11-12H2,1H3/t16-,18+/m1/s1. The van der Waals surface area contributed by atoms with Gasteiger partial charge in [-0.25, -0.2) is 4.39 Å². The van der Waals surface area contributed by atoms with Crippen molar-refractivity contribution >= 4 is 5.91 Å². The number of hydrogen-bond donors (Lipinski definition) is 1. The van der Waals surface area contributed by atoms with Crippen LogP contribution in [-0.2, 0) is 0 Å². The number of hydrogen-bond acceptors (Lipinski definition) is 3. The van der Waals surface area contributed by atoms with Crippen molar-refractivity contribution in [2.75, 3.05) is 26.7 Å². The Kier molecular flexibility index (Phi) is 4.17. The Morgan fingerprint density at radius 2 is 2.04 bits per heavy atom. The molecule has 2 heterocycles. The van der Waals surface area contributed by atoms with E-state index in [1.165, 1.54) is 13.2 Å². The lowest BCUT2D eigenvalue weighted by Gasteiger charge is -2.23. The van der Waals surface area contributed by atoms with Gasteiger partial charge in [-0.15, -0.1) is 0 Å². The number of carbonyl (C=O) groups is 1. The molecular weight excluding hydrogens is 319 g/mol. The molecule has 2 aromatic rings. The fourth-order valence-electron chi connectivity index (χ4n) is 3.94. The SMILES string of the molecule is COc1ccc(-c2cccc(C(=O)N3CC[C@@H]4CNC[C@@H]43)c2)cc1F. The Hall–Kier alpha value is -2.40. The minimum atomic E-state index is -0.406. The van der Waals surface area contributed by atoms with Crippen LogP contribution in [0.2, 0.25) is 0 Å². The third-order valence-electron chi connectivity index (χ3n) is 5.30. The monoisotopic (exact) mass is 340 g/mol. The van der Waals surface area contributed by atoms with Gasteiger partial charge < -0.3 is 15.0 Å². The van der Waals surface area contributed by atoms with E-state index in [1.54, 1.807) is 12.1 Å². The zero-order valence-corrected chi connectivity index (χ0v) is 14.2. The summed E-state index contributed by atoms with van der Waals surface area (Å²) in [4.78, 5) is 14.9. The van der Waals surface area contributed by atoms with Crippen LogP contribution in [0.4, 0.5) is 4.39 Å². The highest BCUT2D eigenvalue weighted by Gasteiger charge is 2.40. The van der Waals surface area contributed by atoms with Gasteiger partial charge in [-0.3, -0.25) is 4.79 Å². The van der Waals surface area contributed by atoms with Gasteiger partial charge in [0, 0.05) is 31.2 Å². The first-order chi connectivity index (χ1) is 12.2. The number of ether oxygens (including phenoxy) is 1. The molecule has 2 fully saturated rings. The fraction of sp³-hybridized carbons (Fsp3) is 0.350. The highest BCUT2D eigenvalue weighted by molar-refractivity contribution is 5.96. The van der Waals surface area contributed by atoms with E-state index < -0.39 is 5.82 Å². The number of benzene rings is 2. The van der Waals surface area contributed by atoms with Gasteiger partial charge in [0.2, 0.25) is 0 Å². The van der Waals surface area contributed by atoms with Gasteiger partial charge in [-0.1, -0.05) is 18.2 Å². The topological polar surface area (TPSA) is 41.6 Å². The normalized spacial score (nSPS) is 22.1. The number of fused-ring (bicyclic) bond motifs is 1. The number of likely N-dealkylation sites (tertiary alicyclic amines) is 1. The van der Waals surface area contributed by atoms with E-state index in [4.69, 9.17) is 4.74 Å². The number of amides is 1. The van der Waals surface area contributed by atoms with Crippen LogP contribution < -0.4 is 10.1 Å². The molecule has 0 aliphatic carbocycles. The van der Waals surface area contributed by atoms with E-state index in [0.29, 0.717) is 17.5 Å². The third-order valence-corrected chi connectivity index (χ3v) is 5.30. The molecule has 2 aromatic carbocycles. The fourth-order valence-corrected chi connectivity index (χ4v) is 3.94. The summed E-state index contributed by atoms with van der Waals surface area (Å²) in [7, 11) is 1.44. The quantitative estimate of drug-likeness (QED) is 0.934. The number of rotatable bonds is 3. The largest absolute Gasteiger partial charge is 0.494 e. The lowest BCUT2D eigenvalue weighted by atomic mass is 10.0. The van der Waals surface area contributed by atoms with Crippen LogP contribution in [0.5, 0.6) is 5.75 Å². The maximum atomic E-state index is 14.0. The van der Waals surface area contributed by atoms with Gasteiger partial charge in [-0.05, 0) is 47.7 Å². The number of methoxy groups -OCH3 is 1. The molecule has 0 spiro atoms. The van der Waals surface area contributed by atoms with Crippen molar-refractivity contribution in [2.24, 2.45) is 5.92 Å². The van der Waals surface area contributed by atoms with Crippen LogP contribution in [0.1, 0.15) is 16.8 Å². The molecule has 4 rings (SSSR count). The van der Waals surface area contributed by atoms with Crippen molar-refractivity contribution in [1.82, 2.24) is 10.2 Å². The molecule has 1 N–H and O–H groups in total. The lowest BCUT2D eigenvalue weighted by molar-refractivity contribution is 0.0737. The van der Waals surface area contributed by atoms with Gasteiger partial charge in [0.15, 0.2) is 11.6 Å². The van der Waals surface area contributed by atoms with E-state index in [1.807, 2.05) is 29.2 Å². The molecule has 0 bridgehead atoms. The molecule has 0 radical (unpaired) electrons. The summed E-state index contributed by atoms with van der Waals surface area (Å²) >= 11 is 0. The summed E-state index contributed by atoms with van der Waals surface area (Å²) in [6.45, 7) is 2.69. The smallest absolute Gasteiger partial charge is 0.254 e. The first kappa shape index (κ1) is 16.1. The molecule has 0 aromatic heterocycles. The molecule has 2 aliphatic rings. The van der Waals surface area contributed by atoms with Crippen molar-refractivity contribution in [2.45, 2.75) is 12.5 Å². The summed E-state index contributed by atoms with van der Waals surface area (Å²) in [6, 6.07) is 12.6. The highest BCUT2D eigenvalue weighted by atomic mass is 19.1. The van der Waals surface area contributed by atoms with Crippen LogP contribution >= 0.6 is 0 Å². The Morgan fingerprint density at radius 1 is 1.20 bits per heavy atom. The second-order valence-electron chi connectivity index (χ2n) is 6.70. The summed E-state index contributed by atoms with van der Waals surface area (Å²) in [5.41, 5.74) is 2.21. The Bertz CT molecular complexity index is 808. The van der Waals surface area contributed by atoms with Crippen molar-refractivity contribution < 1.29 is 13.9 Å². The van der Waals surface area contributed by atoms with Crippen LogP contribution in [0.25, 0.3) is 11.1 Å². The molecule has 1 amide bonds. The van der Waals surface area contributed by atoms with Crippen LogP contribution in [0.15, 0.2) is 42.5 Å². The average Bonchev–Trinajstić information content (AvgIpc) is 3.25. The second kappa shape index (κ2) is 6.48. The predicted octanol–water partition coefficient (Wildman–Crippen LogP) is 2.94. The minimum absolute atomic E-state index is 0.0621. The van der Waals surface area contributed by atoms with Crippen LogP contribution in [0, 0.1) is 11.7 Å². The third kappa shape index (κ3) is 2.89. The van der Waals surface area contributed by atoms with Crippen LogP contribution in [-0.4, -0.2) is 43.6 Å². The van der Waals surface area contributed by atoms with E-state index >= 15 is 0 Å². The molecule has 2 atom stereocenters. The zero-order chi connectivity index (χ0) is 17.4. The molecule has 0 saturated carbocycles. The molecular formula is C20H21FN2O2. The van der Waals surface area contributed by atoms with E-state index in [0.717, 1.165) is 37.2 Å². The Labute approximate surface area is 146 Å². The van der Waals surface area contributed by atoms with Crippen LogP contribution in [0.3, 0.4) is 0 Å². The van der Waals surface area contributed by atoms with Gasteiger partial charge in [0.1, 0.15) is 0 Å². The average molecular weight is 340 g/mol. The van der Waals surface area contributed by atoms with Crippen molar-refractivity contribution in [3.8, 4) is 16.9 Å². The first-order valence-corrected chi connectivity index (χ1v) is 8.63. The van der Waals surface area contributed by atoms with Crippen molar-refractivity contribution in [1.29, 1.82) is 0 Å². The number of nitrogens with zero attached hydrogens (tertiary/aromatic N) is 1. The number of nitrogens with one attached hydrogen (secondary N) is 1. The molecule has 5 heteroatoms. The Balaban J connectivity index is 1.61. The maximum Gasteiger partial charge on any atom is 0.254 e. The zero-order valence-electron chi connectivity index (χ0n) is 14.2. The van der Waals surface area contributed by atoms with Gasteiger partial charge in [-0.2, -0.15) is 0 Å². The van der Waals surface area contributed by atoms with E-state index in [-0.39, 0.29) is 11.7 Å².